The molecule has 17 heavy (non-hydrogen) atoms. The van der Waals surface area contributed by atoms with Gasteiger partial charge in [0.2, 0.25) is 0 Å². The van der Waals surface area contributed by atoms with Gasteiger partial charge in [-0.1, -0.05) is 6.07 Å². The highest BCUT2D eigenvalue weighted by molar-refractivity contribution is 7.93. The number of hydrogen-bond donors (Lipinski definition) is 1. The number of hydrogen-bond acceptors (Lipinski definition) is 4. The smallest absolute Gasteiger partial charge is 0.251 e. The van der Waals surface area contributed by atoms with Gasteiger partial charge in [0.05, 0.1) is 11.8 Å². The van der Waals surface area contributed by atoms with Gasteiger partial charge >= 0.3 is 0 Å². The van der Waals surface area contributed by atoms with Crippen molar-refractivity contribution in [2.24, 2.45) is 0 Å². The molecule has 92 valence electrons. The average Bonchev–Trinajstić information content (AvgIpc) is 2.28. The first kappa shape index (κ1) is 13.3. The molecule has 5 nitrogen and oxygen atoms in total. The molecule has 1 rings (SSSR count). The predicted octanol–water partition coefficient (Wildman–Crippen LogP) is 1.34. The van der Waals surface area contributed by atoms with E-state index < -0.39 is 15.3 Å². The fourth-order valence-electron chi connectivity index (χ4n) is 1.45. The third-order valence-electron chi connectivity index (χ3n) is 2.38. The van der Waals surface area contributed by atoms with Gasteiger partial charge in [0.15, 0.2) is 5.25 Å². The lowest BCUT2D eigenvalue weighted by Crippen LogP contribution is -2.36. The maximum absolute atomic E-state index is 12.1. The molecule has 0 fully saturated rings. The van der Waals surface area contributed by atoms with Crippen LogP contribution in [0.5, 0.6) is 0 Å². The van der Waals surface area contributed by atoms with E-state index in [1.807, 2.05) is 0 Å². The number of nitrogens with zero attached hydrogens (tertiary/aromatic N) is 2. The van der Waals surface area contributed by atoms with E-state index in [0.29, 0.717) is 11.4 Å². The van der Waals surface area contributed by atoms with E-state index in [0.717, 1.165) is 0 Å². The van der Waals surface area contributed by atoms with E-state index >= 15 is 0 Å². The van der Waals surface area contributed by atoms with E-state index in [1.54, 1.807) is 37.3 Å². The quantitative estimate of drug-likeness (QED) is 0.820. The van der Waals surface area contributed by atoms with Gasteiger partial charge in [-0.25, -0.2) is 8.42 Å². The highest BCUT2D eigenvalue weighted by Gasteiger charge is 2.27. The van der Waals surface area contributed by atoms with Gasteiger partial charge in [-0.05, 0) is 32.0 Å². The van der Waals surface area contributed by atoms with E-state index in [2.05, 4.69) is 0 Å². The van der Waals surface area contributed by atoms with Crippen molar-refractivity contribution < 1.29 is 8.42 Å². The van der Waals surface area contributed by atoms with Crippen LogP contribution in [0.1, 0.15) is 13.8 Å². The monoisotopic (exact) mass is 253 g/mol. The highest BCUT2D eigenvalue weighted by Crippen LogP contribution is 2.22. The predicted molar refractivity (Wildman–Crippen MR) is 67.9 cm³/mol. The SMILES string of the molecule is CCN(c1cccc(N)c1)S(=O)(=O)C(C)C#N. The van der Waals surface area contributed by atoms with Gasteiger partial charge in [-0.2, -0.15) is 5.26 Å². The van der Waals surface area contributed by atoms with Crippen LogP contribution in [0.3, 0.4) is 0 Å². The van der Waals surface area contributed by atoms with E-state index in [4.69, 9.17) is 11.0 Å². The molecular formula is C11H15N3O2S. The van der Waals surface area contributed by atoms with Gasteiger partial charge in [0.1, 0.15) is 0 Å². The van der Waals surface area contributed by atoms with Crippen molar-refractivity contribution in [1.82, 2.24) is 0 Å². The Morgan fingerprint density at radius 3 is 2.65 bits per heavy atom. The maximum Gasteiger partial charge on any atom is 0.251 e. The molecule has 1 aromatic rings. The van der Waals surface area contributed by atoms with Crippen molar-refractivity contribution in [1.29, 1.82) is 5.26 Å². The summed E-state index contributed by atoms with van der Waals surface area (Å²) in [6.45, 7) is 3.34. The summed E-state index contributed by atoms with van der Waals surface area (Å²) in [5.41, 5.74) is 6.58. The molecule has 0 spiro atoms. The molecule has 0 heterocycles. The molecule has 1 atom stereocenters. The number of benzene rings is 1. The maximum atomic E-state index is 12.1. The van der Waals surface area contributed by atoms with Crippen molar-refractivity contribution in [3.8, 4) is 6.07 Å². The summed E-state index contributed by atoms with van der Waals surface area (Å²) in [6.07, 6.45) is 0. The molecule has 0 radical (unpaired) electrons. The normalized spacial score (nSPS) is 12.8. The summed E-state index contributed by atoms with van der Waals surface area (Å²) < 4.78 is 25.3. The van der Waals surface area contributed by atoms with Crippen LogP contribution in [0.2, 0.25) is 0 Å². The zero-order valence-electron chi connectivity index (χ0n) is 9.79. The third kappa shape index (κ3) is 2.68. The Balaban J connectivity index is 3.22. The summed E-state index contributed by atoms with van der Waals surface area (Å²) in [6, 6.07) is 8.33. The van der Waals surface area contributed by atoms with Gasteiger partial charge in [-0.3, -0.25) is 4.31 Å². The van der Waals surface area contributed by atoms with Crippen molar-refractivity contribution in [3.63, 3.8) is 0 Å². The van der Waals surface area contributed by atoms with Crippen LogP contribution < -0.4 is 10.0 Å². The Kier molecular flexibility index (Phi) is 3.97. The summed E-state index contributed by atoms with van der Waals surface area (Å²) in [7, 11) is -3.65. The first-order chi connectivity index (χ1) is 7.93. The van der Waals surface area contributed by atoms with Gasteiger partial charge in [-0.15, -0.1) is 0 Å². The second-order valence-electron chi connectivity index (χ2n) is 3.58. The molecule has 0 aromatic heterocycles. The lowest BCUT2D eigenvalue weighted by molar-refractivity contribution is 0.587. The number of nitrogens with two attached hydrogens (primary N) is 1. The molecule has 0 saturated carbocycles. The first-order valence-electron chi connectivity index (χ1n) is 5.20. The molecule has 0 aliphatic carbocycles. The van der Waals surface area contributed by atoms with Crippen LogP contribution in [-0.4, -0.2) is 20.2 Å². The lowest BCUT2D eigenvalue weighted by Gasteiger charge is -2.24. The number of nitriles is 1. The van der Waals surface area contributed by atoms with Crippen molar-refractivity contribution >= 4 is 21.4 Å². The summed E-state index contributed by atoms with van der Waals surface area (Å²) in [4.78, 5) is 0. The summed E-state index contributed by atoms with van der Waals surface area (Å²) >= 11 is 0. The van der Waals surface area contributed by atoms with Crippen LogP contribution in [-0.2, 0) is 10.0 Å². The van der Waals surface area contributed by atoms with Gasteiger partial charge in [0, 0.05) is 12.2 Å². The molecule has 1 aromatic carbocycles. The summed E-state index contributed by atoms with van der Waals surface area (Å²) in [5, 5.41) is 7.66. The van der Waals surface area contributed by atoms with Crippen molar-refractivity contribution in [3.05, 3.63) is 24.3 Å². The second-order valence-corrected chi connectivity index (χ2v) is 5.75. The summed E-state index contributed by atoms with van der Waals surface area (Å²) in [5.74, 6) is 0. The van der Waals surface area contributed by atoms with Gasteiger partial charge < -0.3 is 5.73 Å². The van der Waals surface area contributed by atoms with Crippen LogP contribution in [0, 0.1) is 11.3 Å². The first-order valence-corrected chi connectivity index (χ1v) is 6.70. The highest BCUT2D eigenvalue weighted by atomic mass is 32.2. The van der Waals surface area contributed by atoms with Crippen molar-refractivity contribution in [2.45, 2.75) is 19.1 Å². The zero-order valence-corrected chi connectivity index (χ0v) is 10.6. The molecule has 0 aliphatic rings. The van der Waals surface area contributed by atoms with E-state index in [1.165, 1.54) is 11.2 Å². The molecular weight excluding hydrogens is 238 g/mol. The molecule has 1 unspecified atom stereocenters. The fraction of sp³-hybridized carbons (Fsp3) is 0.364. The average molecular weight is 253 g/mol. The standard InChI is InChI=1S/C11H15N3O2S/c1-3-14(17(15,16)9(2)8-12)11-6-4-5-10(13)7-11/h4-7,9H,3,13H2,1-2H3. The lowest BCUT2D eigenvalue weighted by atomic mass is 10.3. The minimum Gasteiger partial charge on any atom is -0.399 e. The zero-order chi connectivity index (χ0) is 13.1. The molecule has 0 amide bonds. The Hall–Kier alpha value is -1.74. The minimum absolute atomic E-state index is 0.262. The second kappa shape index (κ2) is 5.06. The minimum atomic E-state index is -3.65. The van der Waals surface area contributed by atoms with Crippen LogP contribution in [0.25, 0.3) is 0 Å². The molecule has 0 saturated heterocycles. The van der Waals surface area contributed by atoms with E-state index in [9.17, 15) is 8.42 Å². The van der Waals surface area contributed by atoms with Crippen LogP contribution >= 0.6 is 0 Å². The van der Waals surface area contributed by atoms with Crippen LogP contribution in [0.4, 0.5) is 11.4 Å². The number of nitrogen functional groups attached to an aromatic ring is 1. The van der Waals surface area contributed by atoms with Gasteiger partial charge in [0.25, 0.3) is 10.0 Å². The topological polar surface area (TPSA) is 87.2 Å². The molecule has 0 aliphatic heterocycles. The number of rotatable bonds is 4. The molecule has 6 heteroatoms. The number of anilines is 2. The molecule has 0 bridgehead atoms. The largest absolute Gasteiger partial charge is 0.399 e. The fourth-order valence-corrected chi connectivity index (χ4v) is 2.73. The Bertz CT molecular complexity index is 534. The Labute approximate surface area is 102 Å². The molecule has 2 N–H and O–H groups in total. The Morgan fingerprint density at radius 2 is 2.18 bits per heavy atom. The van der Waals surface area contributed by atoms with Crippen LogP contribution in [0.15, 0.2) is 24.3 Å². The number of sulfonamides is 1. The third-order valence-corrected chi connectivity index (χ3v) is 4.46. The Morgan fingerprint density at radius 1 is 1.53 bits per heavy atom. The van der Waals surface area contributed by atoms with E-state index in [-0.39, 0.29) is 6.54 Å². The van der Waals surface area contributed by atoms with Crippen molar-refractivity contribution in [2.75, 3.05) is 16.6 Å².